The fourth-order valence-corrected chi connectivity index (χ4v) is 6.34. The molecule has 0 aliphatic heterocycles. The molecule has 5 heteroatoms. The molecule has 230 valence electrons. The van der Waals surface area contributed by atoms with E-state index in [1.165, 1.54) is 5.39 Å². The standard InChI is InChI=1S/C44H28N4O/c1-4-15-30(16-5-1)41-46-42(31-17-6-2-7-18-31)48-43(47-41)34-23-12-22-33(26-34)35-27-38(37-25-13-21-29-14-10-11-24-36(29)37)40-39(28-35)49-44(45-40)32-19-8-3-9-20-32/h1-28H. The van der Waals surface area contributed by atoms with Gasteiger partial charge in [-0.2, -0.15) is 0 Å². The van der Waals surface area contributed by atoms with Gasteiger partial charge in [0.05, 0.1) is 0 Å². The Labute approximate surface area is 283 Å². The number of nitrogens with zero attached hydrogens (tertiary/aromatic N) is 4. The van der Waals surface area contributed by atoms with Crippen LogP contribution in [0, 0.1) is 0 Å². The highest BCUT2D eigenvalue weighted by Gasteiger charge is 2.18. The Morgan fingerprint density at radius 3 is 1.57 bits per heavy atom. The Bertz CT molecular complexity index is 2530. The van der Waals surface area contributed by atoms with Crippen molar-refractivity contribution in [3.8, 4) is 67.9 Å². The van der Waals surface area contributed by atoms with Gasteiger partial charge in [-0.1, -0.05) is 140 Å². The molecule has 5 nitrogen and oxygen atoms in total. The normalized spacial score (nSPS) is 11.3. The van der Waals surface area contributed by atoms with Crippen LogP contribution in [0.15, 0.2) is 174 Å². The third kappa shape index (κ3) is 5.43. The third-order valence-corrected chi connectivity index (χ3v) is 8.75. The molecule has 0 spiro atoms. The van der Waals surface area contributed by atoms with Crippen LogP contribution < -0.4 is 0 Å². The fourth-order valence-electron chi connectivity index (χ4n) is 6.34. The number of hydrogen-bond donors (Lipinski definition) is 0. The Morgan fingerprint density at radius 2 is 0.878 bits per heavy atom. The first kappa shape index (κ1) is 28.5. The van der Waals surface area contributed by atoms with Crippen LogP contribution in [0.2, 0.25) is 0 Å². The molecule has 0 saturated heterocycles. The molecule has 2 heterocycles. The quantitative estimate of drug-likeness (QED) is 0.183. The van der Waals surface area contributed by atoms with Crippen LogP contribution >= 0.6 is 0 Å². The Balaban J connectivity index is 1.23. The number of rotatable bonds is 6. The first-order valence-electron chi connectivity index (χ1n) is 16.2. The summed E-state index contributed by atoms with van der Waals surface area (Å²) in [6.07, 6.45) is 0. The molecule has 0 bridgehead atoms. The minimum absolute atomic E-state index is 0.593. The lowest BCUT2D eigenvalue weighted by Gasteiger charge is -2.12. The predicted octanol–water partition coefficient (Wildman–Crippen LogP) is 11.2. The van der Waals surface area contributed by atoms with Crippen LogP contribution in [-0.2, 0) is 0 Å². The molecule has 2 aromatic heterocycles. The molecule has 0 N–H and O–H groups in total. The summed E-state index contributed by atoms with van der Waals surface area (Å²) in [5.74, 6) is 2.46. The zero-order chi connectivity index (χ0) is 32.6. The van der Waals surface area contributed by atoms with Crippen molar-refractivity contribution in [1.82, 2.24) is 19.9 Å². The number of benzene rings is 7. The summed E-state index contributed by atoms with van der Waals surface area (Å²) in [7, 11) is 0. The van der Waals surface area contributed by atoms with Crippen LogP contribution in [0.3, 0.4) is 0 Å². The number of hydrogen-bond acceptors (Lipinski definition) is 5. The van der Waals surface area contributed by atoms with Gasteiger partial charge in [0.15, 0.2) is 23.1 Å². The average molecular weight is 629 g/mol. The summed E-state index contributed by atoms with van der Waals surface area (Å²) >= 11 is 0. The van der Waals surface area contributed by atoms with Gasteiger partial charge in [0, 0.05) is 27.8 Å². The Kier molecular flexibility index (Phi) is 7.06. The zero-order valence-electron chi connectivity index (χ0n) is 26.4. The third-order valence-electron chi connectivity index (χ3n) is 8.75. The Hall–Kier alpha value is -6.72. The van der Waals surface area contributed by atoms with Gasteiger partial charge >= 0.3 is 0 Å². The highest BCUT2D eigenvalue weighted by Crippen LogP contribution is 2.39. The van der Waals surface area contributed by atoms with Gasteiger partial charge in [-0.3, -0.25) is 0 Å². The van der Waals surface area contributed by atoms with Crippen molar-refractivity contribution < 1.29 is 4.42 Å². The summed E-state index contributed by atoms with van der Waals surface area (Å²) in [5.41, 5.74) is 9.39. The summed E-state index contributed by atoms with van der Waals surface area (Å²) in [6.45, 7) is 0. The van der Waals surface area contributed by atoms with Crippen molar-refractivity contribution in [2.45, 2.75) is 0 Å². The molecule has 0 saturated carbocycles. The smallest absolute Gasteiger partial charge is 0.227 e. The van der Waals surface area contributed by atoms with E-state index in [4.69, 9.17) is 24.4 Å². The SMILES string of the molecule is c1ccc(-c2nc(-c3ccccc3)nc(-c3cccc(-c4cc(-c5cccc6ccccc56)c5nc(-c6ccccc6)oc5c4)c3)n2)cc1. The van der Waals surface area contributed by atoms with Crippen LogP contribution in [0.5, 0.6) is 0 Å². The van der Waals surface area contributed by atoms with E-state index in [1.54, 1.807) is 0 Å². The molecule has 0 radical (unpaired) electrons. The van der Waals surface area contributed by atoms with Crippen molar-refractivity contribution in [3.05, 3.63) is 170 Å². The largest absolute Gasteiger partial charge is 0.436 e. The summed E-state index contributed by atoms with van der Waals surface area (Å²) in [5, 5.41) is 2.33. The monoisotopic (exact) mass is 628 g/mol. The van der Waals surface area contributed by atoms with E-state index in [0.29, 0.717) is 23.4 Å². The zero-order valence-corrected chi connectivity index (χ0v) is 26.4. The fraction of sp³-hybridized carbons (Fsp3) is 0. The van der Waals surface area contributed by atoms with E-state index in [1.807, 2.05) is 91.0 Å². The number of oxazole rings is 1. The molecule has 49 heavy (non-hydrogen) atoms. The molecule has 0 unspecified atom stereocenters. The maximum atomic E-state index is 6.49. The summed E-state index contributed by atoms with van der Waals surface area (Å²) in [6, 6.07) is 57.6. The molecule has 0 aliphatic carbocycles. The highest BCUT2D eigenvalue weighted by molar-refractivity contribution is 6.05. The van der Waals surface area contributed by atoms with Crippen LogP contribution in [-0.4, -0.2) is 19.9 Å². The maximum absolute atomic E-state index is 6.49. The molecule has 0 amide bonds. The van der Waals surface area contributed by atoms with Gasteiger partial charge in [0.2, 0.25) is 5.89 Å². The highest BCUT2D eigenvalue weighted by atomic mass is 16.3. The minimum atomic E-state index is 0.593. The molecule has 7 aromatic carbocycles. The second-order valence-electron chi connectivity index (χ2n) is 11.9. The topological polar surface area (TPSA) is 64.7 Å². The van der Waals surface area contributed by atoms with Gasteiger partial charge in [-0.15, -0.1) is 0 Å². The summed E-state index contributed by atoms with van der Waals surface area (Å²) in [4.78, 5) is 19.9. The van der Waals surface area contributed by atoms with Crippen molar-refractivity contribution in [2.24, 2.45) is 0 Å². The molecular weight excluding hydrogens is 601 g/mol. The molecule has 0 aliphatic rings. The lowest BCUT2D eigenvalue weighted by molar-refractivity contribution is 0.620. The van der Waals surface area contributed by atoms with Gasteiger partial charge in [-0.05, 0) is 57.8 Å². The van der Waals surface area contributed by atoms with Crippen molar-refractivity contribution >= 4 is 21.9 Å². The maximum Gasteiger partial charge on any atom is 0.227 e. The van der Waals surface area contributed by atoms with Crippen molar-refractivity contribution in [3.63, 3.8) is 0 Å². The summed E-state index contributed by atoms with van der Waals surface area (Å²) < 4.78 is 6.49. The lowest BCUT2D eigenvalue weighted by Crippen LogP contribution is -2.00. The van der Waals surface area contributed by atoms with E-state index >= 15 is 0 Å². The minimum Gasteiger partial charge on any atom is -0.436 e. The van der Waals surface area contributed by atoms with Crippen LogP contribution in [0.25, 0.3) is 89.7 Å². The molecule has 9 rings (SSSR count). The van der Waals surface area contributed by atoms with Gasteiger partial charge in [0.1, 0.15) is 5.52 Å². The van der Waals surface area contributed by atoms with E-state index < -0.39 is 0 Å². The number of aromatic nitrogens is 4. The van der Waals surface area contributed by atoms with Crippen molar-refractivity contribution in [1.29, 1.82) is 0 Å². The first-order valence-corrected chi connectivity index (χ1v) is 16.2. The van der Waals surface area contributed by atoms with E-state index in [9.17, 15) is 0 Å². The van der Waals surface area contributed by atoms with E-state index in [2.05, 4.69) is 78.9 Å². The Morgan fingerprint density at radius 1 is 0.347 bits per heavy atom. The van der Waals surface area contributed by atoms with Crippen molar-refractivity contribution in [2.75, 3.05) is 0 Å². The molecule has 0 atom stereocenters. The number of fused-ring (bicyclic) bond motifs is 2. The van der Waals surface area contributed by atoms with Gasteiger partial charge < -0.3 is 4.42 Å². The van der Waals surface area contributed by atoms with Crippen LogP contribution in [0.4, 0.5) is 0 Å². The lowest BCUT2D eigenvalue weighted by atomic mass is 9.93. The molecular formula is C44H28N4O. The second kappa shape index (κ2) is 12.1. The first-order chi connectivity index (χ1) is 24.3. The predicted molar refractivity (Wildman–Crippen MR) is 198 cm³/mol. The molecule has 9 aromatic rings. The average Bonchev–Trinajstić information content (AvgIpc) is 3.63. The molecule has 0 fully saturated rings. The van der Waals surface area contributed by atoms with Gasteiger partial charge in [0.25, 0.3) is 0 Å². The van der Waals surface area contributed by atoms with E-state index in [-0.39, 0.29) is 0 Å². The second-order valence-corrected chi connectivity index (χ2v) is 11.9. The van der Waals surface area contributed by atoms with Gasteiger partial charge in [-0.25, -0.2) is 19.9 Å². The van der Waals surface area contributed by atoms with E-state index in [0.717, 1.165) is 61.0 Å². The van der Waals surface area contributed by atoms with Crippen LogP contribution in [0.1, 0.15) is 0 Å².